The summed E-state index contributed by atoms with van der Waals surface area (Å²) >= 11 is 4.24. The minimum absolute atomic E-state index is 1.04. The lowest BCUT2D eigenvalue weighted by Gasteiger charge is -2.06. The lowest BCUT2D eigenvalue weighted by molar-refractivity contribution is 0.529. The number of hydrogen-bond donors (Lipinski definition) is 1. The van der Waals surface area contributed by atoms with Crippen molar-refractivity contribution in [2.45, 2.75) is 84.1 Å². The summed E-state index contributed by atoms with van der Waals surface area (Å²) in [5.74, 6) is 2.28. The number of rotatable bonds is 13. The molecule has 0 aliphatic rings. The fourth-order valence-electron chi connectivity index (χ4n) is 2.67. The number of imidazole rings is 1. The van der Waals surface area contributed by atoms with E-state index in [1.54, 1.807) is 0 Å². The molecule has 20 heavy (non-hydrogen) atoms. The molecule has 2 nitrogen and oxygen atoms in total. The second kappa shape index (κ2) is 12.3. The van der Waals surface area contributed by atoms with E-state index in [-0.39, 0.29) is 0 Å². The van der Waals surface area contributed by atoms with Gasteiger partial charge in [-0.2, -0.15) is 12.6 Å². The maximum atomic E-state index is 4.36. The number of hydrogen-bond acceptors (Lipinski definition) is 2. The summed E-state index contributed by atoms with van der Waals surface area (Å²) in [6.07, 6.45) is 18.9. The molecule has 0 aromatic carbocycles. The Kier molecular flexibility index (Phi) is 10.8. The van der Waals surface area contributed by atoms with Crippen molar-refractivity contribution >= 4 is 12.6 Å². The highest BCUT2D eigenvalue weighted by atomic mass is 32.1. The molecule has 0 fully saturated rings. The van der Waals surface area contributed by atoms with Crippen LogP contribution >= 0.6 is 12.6 Å². The quantitative estimate of drug-likeness (QED) is 0.387. The van der Waals surface area contributed by atoms with Crippen LogP contribution in [0.1, 0.15) is 77.0 Å². The zero-order chi connectivity index (χ0) is 14.5. The molecule has 3 heteroatoms. The standard InChI is InChI=1S/C17H32N2S/c1-2-17-18-13-15-19(17)14-11-9-7-5-3-4-6-8-10-12-16-20/h13,15,20H,2-12,14,16H2,1H3. The molecule has 0 radical (unpaired) electrons. The van der Waals surface area contributed by atoms with Crippen LogP contribution in [0.25, 0.3) is 0 Å². The Hall–Kier alpha value is -0.440. The maximum Gasteiger partial charge on any atom is 0.108 e. The lowest BCUT2D eigenvalue weighted by atomic mass is 10.1. The number of thiol groups is 1. The van der Waals surface area contributed by atoms with Gasteiger partial charge in [-0.25, -0.2) is 4.98 Å². The van der Waals surface area contributed by atoms with Crippen molar-refractivity contribution in [3.63, 3.8) is 0 Å². The average Bonchev–Trinajstić information content (AvgIpc) is 2.92. The van der Waals surface area contributed by atoms with Crippen LogP contribution < -0.4 is 0 Å². The Labute approximate surface area is 130 Å². The summed E-state index contributed by atoms with van der Waals surface area (Å²) in [4.78, 5) is 4.36. The normalized spacial score (nSPS) is 11.1. The first kappa shape index (κ1) is 17.6. The van der Waals surface area contributed by atoms with E-state index in [0.29, 0.717) is 0 Å². The monoisotopic (exact) mass is 296 g/mol. The Bertz CT molecular complexity index is 323. The first-order valence-electron chi connectivity index (χ1n) is 8.49. The van der Waals surface area contributed by atoms with E-state index in [1.165, 1.54) is 70.0 Å². The molecule has 116 valence electrons. The van der Waals surface area contributed by atoms with E-state index in [4.69, 9.17) is 0 Å². The van der Waals surface area contributed by atoms with Gasteiger partial charge in [0.1, 0.15) is 5.82 Å². The summed E-state index contributed by atoms with van der Waals surface area (Å²) in [5.41, 5.74) is 0. The van der Waals surface area contributed by atoms with Gasteiger partial charge in [0.25, 0.3) is 0 Å². The van der Waals surface area contributed by atoms with Crippen molar-refractivity contribution in [3.8, 4) is 0 Å². The van der Waals surface area contributed by atoms with Crippen LogP contribution in [-0.4, -0.2) is 15.3 Å². The molecule has 0 amide bonds. The van der Waals surface area contributed by atoms with Gasteiger partial charge in [0, 0.05) is 25.4 Å². The number of aromatic nitrogens is 2. The predicted molar refractivity (Wildman–Crippen MR) is 91.6 cm³/mol. The van der Waals surface area contributed by atoms with Crippen LogP contribution in [0.3, 0.4) is 0 Å². The van der Waals surface area contributed by atoms with Crippen molar-refractivity contribution in [1.29, 1.82) is 0 Å². The molecule has 0 saturated carbocycles. The SMILES string of the molecule is CCc1nccn1CCCCCCCCCCCCS. The Morgan fingerprint density at radius 2 is 1.45 bits per heavy atom. The van der Waals surface area contributed by atoms with E-state index in [2.05, 4.69) is 35.3 Å². The third kappa shape index (κ3) is 7.98. The topological polar surface area (TPSA) is 17.8 Å². The van der Waals surface area contributed by atoms with Crippen LogP contribution in [0.15, 0.2) is 12.4 Å². The highest BCUT2D eigenvalue weighted by Crippen LogP contribution is 2.11. The third-order valence-corrected chi connectivity index (χ3v) is 4.24. The molecule has 0 atom stereocenters. The van der Waals surface area contributed by atoms with Gasteiger partial charge >= 0.3 is 0 Å². The fourth-order valence-corrected chi connectivity index (χ4v) is 2.89. The predicted octanol–water partition coefficient (Wildman–Crippen LogP) is 5.28. The van der Waals surface area contributed by atoms with Crippen molar-refractivity contribution in [2.75, 3.05) is 5.75 Å². The van der Waals surface area contributed by atoms with Gasteiger partial charge in [-0.3, -0.25) is 0 Å². The van der Waals surface area contributed by atoms with E-state index in [1.807, 2.05) is 6.20 Å². The molecule has 1 heterocycles. The zero-order valence-corrected chi connectivity index (χ0v) is 14.1. The van der Waals surface area contributed by atoms with Crippen LogP contribution in [0, 0.1) is 0 Å². The summed E-state index contributed by atoms with van der Waals surface area (Å²) in [7, 11) is 0. The highest BCUT2D eigenvalue weighted by molar-refractivity contribution is 7.80. The number of aryl methyl sites for hydroxylation is 2. The molecule has 0 unspecified atom stereocenters. The summed E-state index contributed by atoms with van der Waals surface area (Å²) < 4.78 is 2.31. The molecule has 0 N–H and O–H groups in total. The molecule has 1 aromatic rings. The van der Waals surface area contributed by atoms with E-state index in [0.717, 1.165) is 18.7 Å². The minimum atomic E-state index is 1.04. The van der Waals surface area contributed by atoms with Gasteiger partial charge in [0.2, 0.25) is 0 Å². The van der Waals surface area contributed by atoms with Crippen LogP contribution in [0.5, 0.6) is 0 Å². The first-order valence-corrected chi connectivity index (χ1v) is 9.12. The van der Waals surface area contributed by atoms with Gasteiger partial charge in [-0.05, 0) is 18.6 Å². The molecule has 0 bridgehead atoms. The Morgan fingerprint density at radius 1 is 0.900 bits per heavy atom. The van der Waals surface area contributed by atoms with Gasteiger partial charge in [0.05, 0.1) is 0 Å². The summed E-state index contributed by atoms with van der Waals surface area (Å²) in [6.45, 7) is 3.32. The van der Waals surface area contributed by atoms with Gasteiger partial charge in [-0.15, -0.1) is 0 Å². The van der Waals surface area contributed by atoms with Gasteiger partial charge < -0.3 is 4.57 Å². The second-order valence-electron chi connectivity index (χ2n) is 5.65. The molecule has 0 aliphatic carbocycles. The molecular weight excluding hydrogens is 264 g/mol. The van der Waals surface area contributed by atoms with Crippen LogP contribution in [0.2, 0.25) is 0 Å². The largest absolute Gasteiger partial charge is 0.335 e. The number of unbranched alkanes of at least 4 members (excludes halogenated alkanes) is 9. The minimum Gasteiger partial charge on any atom is -0.335 e. The summed E-state index contributed by atoms with van der Waals surface area (Å²) in [6, 6.07) is 0. The smallest absolute Gasteiger partial charge is 0.108 e. The molecular formula is C17H32N2S. The third-order valence-electron chi connectivity index (χ3n) is 3.93. The molecule has 0 saturated heterocycles. The van der Waals surface area contributed by atoms with Crippen molar-refractivity contribution in [1.82, 2.24) is 9.55 Å². The molecule has 1 aromatic heterocycles. The molecule has 1 rings (SSSR count). The zero-order valence-electron chi connectivity index (χ0n) is 13.2. The van der Waals surface area contributed by atoms with Gasteiger partial charge in [0.15, 0.2) is 0 Å². The van der Waals surface area contributed by atoms with Crippen molar-refractivity contribution < 1.29 is 0 Å². The Morgan fingerprint density at radius 3 is 2.00 bits per heavy atom. The molecule has 0 spiro atoms. The molecule has 0 aliphatic heterocycles. The first-order chi connectivity index (χ1) is 9.88. The van der Waals surface area contributed by atoms with E-state index >= 15 is 0 Å². The van der Waals surface area contributed by atoms with Crippen LogP contribution in [-0.2, 0) is 13.0 Å². The van der Waals surface area contributed by atoms with E-state index in [9.17, 15) is 0 Å². The van der Waals surface area contributed by atoms with Crippen molar-refractivity contribution in [3.05, 3.63) is 18.2 Å². The van der Waals surface area contributed by atoms with E-state index < -0.39 is 0 Å². The Balaban J connectivity index is 1.85. The maximum absolute atomic E-state index is 4.36. The lowest BCUT2D eigenvalue weighted by Crippen LogP contribution is -2.01. The summed E-state index contributed by atoms with van der Waals surface area (Å²) in [5, 5.41) is 0. The average molecular weight is 297 g/mol. The highest BCUT2D eigenvalue weighted by Gasteiger charge is 1.99. The van der Waals surface area contributed by atoms with Crippen molar-refractivity contribution in [2.24, 2.45) is 0 Å². The van der Waals surface area contributed by atoms with Crippen LogP contribution in [0.4, 0.5) is 0 Å². The van der Waals surface area contributed by atoms with Gasteiger partial charge in [-0.1, -0.05) is 58.3 Å². The number of nitrogens with zero attached hydrogens (tertiary/aromatic N) is 2. The fraction of sp³-hybridized carbons (Fsp3) is 0.824. The second-order valence-corrected chi connectivity index (χ2v) is 6.10.